The summed E-state index contributed by atoms with van der Waals surface area (Å²) >= 11 is 0. The van der Waals surface area contributed by atoms with Gasteiger partial charge in [0.2, 0.25) is 5.96 Å². The molecule has 8 N–H and O–H groups in total. The van der Waals surface area contributed by atoms with Gasteiger partial charge in [0.25, 0.3) is 0 Å². The molecular formula is C2H9N9. The Morgan fingerprint density at radius 1 is 1.64 bits per heavy atom. The van der Waals surface area contributed by atoms with Gasteiger partial charge in [-0.3, -0.25) is 5.43 Å². The lowest BCUT2D eigenvalue weighted by atomic mass is 11.1. The van der Waals surface area contributed by atoms with Gasteiger partial charge >= 0.3 is 0 Å². The number of hydrazone groups is 1. The number of nitrogens with zero attached hydrogens (tertiary/aromatic N) is 4. The molecule has 0 amide bonds. The van der Waals surface area contributed by atoms with Crippen LogP contribution in [0.1, 0.15) is 0 Å². The standard InChI is InChI=1S/CH7N5.CH2N4/c2-1(5-3)6-4;1-2-4-5-3-1/h3-4H2,(H3,2,5,6);1H,(H,2,3,4,5). The Hall–Kier alpha value is -1.90. The highest BCUT2D eigenvalue weighted by Crippen LogP contribution is 1.43. The van der Waals surface area contributed by atoms with E-state index in [0.717, 1.165) is 0 Å². The lowest BCUT2D eigenvalue weighted by molar-refractivity contribution is 0.881. The summed E-state index contributed by atoms with van der Waals surface area (Å²) in [5.74, 6) is 9.32. The zero-order valence-corrected chi connectivity index (χ0v) is 5.60. The number of nitrogens with one attached hydrogen (secondary N) is 2. The molecule has 0 atom stereocenters. The third-order valence-electron chi connectivity index (χ3n) is 0.557. The number of aromatic nitrogens is 4. The molecule has 0 aliphatic carbocycles. The second kappa shape index (κ2) is 6.22. The van der Waals surface area contributed by atoms with E-state index in [0.29, 0.717) is 0 Å². The lowest BCUT2D eigenvalue weighted by Gasteiger charge is -1.89. The van der Waals surface area contributed by atoms with Gasteiger partial charge in [-0.25, -0.2) is 5.84 Å². The fourth-order valence-corrected chi connectivity index (χ4v) is 0.166. The molecule has 0 unspecified atom stereocenters. The van der Waals surface area contributed by atoms with Crippen molar-refractivity contribution in [3.05, 3.63) is 6.33 Å². The van der Waals surface area contributed by atoms with Gasteiger partial charge in [0, 0.05) is 0 Å². The molecule has 0 aliphatic rings. The SMILES string of the molecule is NN=C(N)NN.c1nn[nH]n1. The van der Waals surface area contributed by atoms with Gasteiger partial charge in [0.15, 0.2) is 6.33 Å². The molecular weight excluding hydrogens is 150 g/mol. The Morgan fingerprint density at radius 2 is 2.36 bits per heavy atom. The molecule has 0 spiro atoms. The maximum absolute atomic E-state index is 4.86. The summed E-state index contributed by atoms with van der Waals surface area (Å²) in [6.45, 7) is 0. The molecule has 11 heavy (non-hydrogen) atoms. The second-order valence-corrected chi connectivity index (χ2v) is 1.22. The summed E-state index contributed by atoms with van der Waals surface area (Å²) < 4.78 is 0. The van der Waals surface area contributed by atoms with Crippen molar-refractivity contribution in [2.45, 2.75) is 0 Å². The molecule has 0 radical (unpaired) electrons. The molecule has 1 heterocycles. The third kappa shape index (κ3) is 5.98. The van der Waals surface area contributed by atoms with Crippen molar-refractivity contribution >= 4 is 5.96 Å². The summed E-state index contributed by atoms with van der Waals surface area (Å²) in [6, 6.07) is 0. The Kier molecular flexibility index (Phi) is 5.15. The first-order valence-electron chi connectivity index (χ1n) is 2.47. The maximum atomic E-state index is 4.86. The van der Waals surface area contributed by atoms with Crippen molar-refractivity contribution in [3.63, 3.8) is 0 Å². The molecule has 0 fully saturated rings. The number of hydrazine groups is 1. The van der Waals surface area contributed by atoms with Crippen LogP contribution in [0.25, 0.3) is 0 Å². The van der Waals surface area contributed by atoms with Crippen molar-refractivity contribution in [1.82, 2.24) is 26.0 Å². The van der Waals surface area contributed by atoms with E-state index in [1.165, 1.54) is 6.33 Å². The number of tetrazole rings is 1. The lowest BCUT2D eigenvalue weighted by Crippen LogP contribution is -2.37. The molecule has 0 aromatic carbocycles. The van der Waals surface area contributed by atoms with E-state index in [-0.39, 0.29) is 5.96 Å². The monoisotopic (exact) mass is 159 g/mol. The van der Waals surface area contributed by atoms with Crippen LogP contribution in [-0.2, 0) is 0 Å². The summed E-state index contributed by atoms with van der Waals surface area (Å²) in [6.07, 6.45) is 1.33. The Bertz CT molecular complexity index is 158. The van der Waals surface area contributed by atoms with Gasteiger partial charge in [-0.2, -0.15) is 5.21 Å². The Balaban J connectivity index is 0.000000183. The number of guanidine groups is 1. The van der Waals surface area contributed by atoms with Crippen LogP contribution in [0.2, 0.25) is 0 Å². The first-order valence-corrected chi connectivity index (χ1v) is 2.47. The van der Waals surface area contributed by atoms with E-state index in [1.54, 1.807) is 0 Å². The molecule has 1 aromatic heterocycles. The molecule has 1 rings (SSSR count). The smallest absolute Gasteiger partial charge is 0.224 e. The fourth-order valence-electron chi connectivity index (χ4n) is 0.166. The van der Waals surface area contributed by atoms with Crippen molar-refractivity contribution in [2.75, 3.05) is 0 Å². The summed E-state index contributed by atoms with van der Waals surface area (Å²) in [5, 5.41) is 15.1. The predicted molar refractivity (Wildman–Crippen MR) is 37.3 cm³/mol. The van der Waals surface area contributed by atoms with E-state index in [4.69, 9.17) is 11.6 Å². The van der Waals surface area contributed by atoms with Crippen LogP contribution in [0.3, 0.4) is 0 Å². The van der Waals surface area contributed by atoms with Gasteiger partial charge < -0.3 is 11.6 Å². The predicted octanol–water partition coefficient (Wildman–Crippen LogP) is -3.16. The van der Waals surface area contributed by atoms with Crippen molar-refractivity contribution < 1.29 is 0 Å². The number of rotatable bonds is 0. The van der Waals surface area contributed by atoms with Crippen LogP contribution in [-0.4, -0.2) is 26.6 Å². The normalized spacial score (nSPS) is 9.73. The molecule has 0 aliphatic heterocycles. The van der Waals surface area contributed by atoms with Crippen LogP contribution >= 0.6 is 0 Å². The molecule has 1 aromatic rings. The van der Waals surface area contributed by atoms with Crippen LogP contribution in [0.5, 0.6) is 0 Å². The molecule has 9 nitrogen and oxygen atoms in total. The maximum Gasteiger partial charge on any atom is 0.224 e. The average Bonchev–Trinajstić information content (AvgIpc) is 2.60. The minimum atomic E-state index is 0.0231. The highest BCUT2D eigenvalue weighted by atomic mass is 15.5. The first-order chi connectivity index (χ1) is 5.31. The highest BCUT2D eigenvalue weighted by molar-refractivity contribution is 5.76. The summed E-state index contributed by atoms with van der Waals surface area (Å²) in [5.41, 5.74) is 6.88. The van der Waals surface area contributed by atoms with E-state index in [2.05, 4.69) is 31.6 Å². The minimum Gasteiger partial charge on any atom is -0.367 e. The molecule has 0 saturated heterocycles. The Morgan fingerprint density at radius 3 is 2.45 bits per heavy atom. The van der Waals surface area contributed by atoms with E-state index >= 15 is 0 Å². The largest absolute Gasteiger partial charge is 0.367 e. The van der Waals surface area contributed by atoms with Crippen LogP contribution in [0.4, 0.5) is 0 Å². The number of hydrogen-bond donors (Lipinski definition) is 5. The number of aromatic amines is 1. The molecule has 0 saturated carbocycles. The average molecular weight is 159 g/mol. The quantitative estimate of drug-likeness (QED) is 0.116. The number of hydrogen-bond acceptors (Lipinski definition) is 6. The third-order valence-corrected chi connectivity index (χ3v) is 0.557. The zero-order chi connectivity index (χ0) is 8.53. The molecule has 62 valence electrons. The van der Waals surface area contributed by atoms with E-state index in [9.17, 15) is 0 Å². The fraction of sp³-hybridized carbons (Fsp3) is 0. The number of nitrogens with two attached hydrogens (primary N) is 3. The van der Waals surface area contributed by atoms with Gasteiger partial charge in [-0.05, 0) is 0 Å². The summed E-state index contributed by atoms with van der Waals surface area (Å²) in [4.78, 5) is 0. The van der Waals surface area contributed by atoms with Gasteiger partial charge in [-0.1, -0.05) is 5.21 Å². The van der Waals surface area contributed by atoms with E-state index in [1.807, 2.05) is 5.43 Å². The summed E-state index contributed by atoms with van der Waals surface area (Å²) in [7, 11) is 0. The number of H-pyrrole nitrogens is 1. The van der Waals surface area contributed by atoms with Crippen molar-refractivity contribution in [2.24, 2.45) is 22.5 Å². The van der Waals surface area contributed by atoms with Gasteiger partial charge in [0.1, 0.15) is 0 Å². The highest BCUT2D eigenvalue weighted by Gasteiger charge is 1.73. The van der Waals surface area contributed by atoms with Crippen LogP contribution in [0, 0.1) is 0 Å². The zero-order valence-electron chi connectivity index (χ0n) is 5.60. The topological polar surface area (TPSA) is 157 Å². The van der Waals surface area contributed by atoms with Crippen LogP contribution in [0.15, 0.2) is 11.4 Å². The van der Waals surface area contributed by atoms with Crippen LogP contribution < -0.4 is 22.8 Å². The first kappa shape index (κ1) is 9.10. The van der Waals surface area contributed by atoms with Gasteiger partial charge in [-0.15, -0.1) is 15.3 Å². The Labute approximate surface area is 62.0 Å². The van der Waals surface area contributed by atoms with Crippen molar-refractivity contribution in [1.29, 1.82) is 0 Å². The van der Waals surface area contributed by atoms with Crippen molar-refractivity contribution in [3.8, 4) is 0 Å². The van der Waals surface area contributed by atoms with E-state index < -0.39 is 0 Å². The van der Waals surface area contributed by atoms with Gasteiger partial charge in [0.05, 0.1) is 0 Å². The minimum absolute atomic E-state index is 0.0231. The molecule has 9 heteroatoms. The molecule has 0 bridgehead atoms. The second-order valence-electron chi connectivity index (χ2n) is 1.22.